The lowest BCUT2D eigenvalue weighted by molar-refractivity contribution is -0.806. The standard InChI is InChI=1S/C2H5N5/c3-1-7-2-4-5-6-7/h2H,1,3H2/p+1. The molecule has 1 unspecified atom stereocenters. The van der Waals surface area contributed by atoms with Gasteiger partial charge < -0.3 is 0 Å². The van der Waals surface area contributed by atoms with Crippen molar-refractivity contribution in [3.05, 3.63) is 0 Å². The zero-order valence-electron chi connectivity index (χ0n) is 3.70. The van der Waals surface area contributed by atoms with Gasteiger partial charge in [0, 0.05) is 5.22 Å². The van der Waals surface area contributed by atoms with Crippen LogP contribution in [0.3, 0.4) is 0 Å². The summed E-state index contributed by atoms with van der Waals surface area (Å²) in [7, 11) is 0. The molecule has 3 N–H and O–H groups in total. The molecule has 0 aromatic rings. The molecule has 1 aliphatic rings. The van der Waals surface area contributed by atoms with Gasteiger partial charge in [0.1, 0.15) is 0 Å². The zero-order valence-corrected chi connectivity index (χ0v) is 3.70. The first-order valence-corrected chi connectivity index (χ1v) is 1.93. The van der Waals surface area contributed by atoms with Crippen LogP contribution in [0.15, 0.2) is 15.5 Å². The monoisotopic (exact) mass is 100 g/mol. The second-order valence-electron chi connectivity index (χ2n) is 1.13. The topological polar surface area (TPSA) is 67.5 Å². The van der Waals surface area contributed by atoms with Crippen molar-refractivity contribution in [3.8, 4) is 0 Å². The highest BCUT2D eigenvalue weighted by Gasteiger charge is 2.02. The minimum absolute atomic E-state index is 0.424. The summed E-state index contributed by atoms with van der Waals surface area (Å²) in [6, 6.07) is 0. The summed E-state index contributed by atoms with van der Waals surface area (Å²) < 4.78 is 0. The Morgan fingerprint density at radius 1 is 1.71 bits per heavy atom. The van der Waals surface area contributed by atoms with Gasteiger partial charge in [-0.25, -0.2) is 0 Å². The van der Waals surface area contributed by atoms with Gasteiger partial charge in [-0.05, 0) is 0 Å². The normalized spacial score (nSPS) is 26.7. The van der Waals surface area contributed by atoms with Crippen LogP contribution < -0.4 is 10.7 Å². The zero-order chi connectivity index (χ0) is 5.11. The highest BCUT2D eigenvalue weighted by Crippen LogP contribution is 1.68. The largest absolute Gasteiger partial charge is 0.282 e. The summed E-state index contributed by atoms with van der Waals surface area (Å²) in [5, 5.41) is 11.0. The molecule has 0 aromatic carbocycles. The van der Waals surface area contributed by atoms with Crippen LogP contribution in [0.4, 0.5) is 0 Å². The van der Waals surface area contributed by atoms with Gasteiger partial charge in [0.25, 0.3) is 0 Å². The molecule has 0 radical (unpaired) electrons. The molecule has 0 aliphatic carbocycles. The number of nitrogens with zero attached hydrogens (tertiary/aromatic N) is 3. The Balaban J connectivity index is 2.44. The van der Waals surface area contributed by atoms with Gasteiger partial charge in [-0.3, -0.25) is 5.73 Å². The first-order chi connectivity index (χ1) is 3.43. The molecular formula is C2H6N5+. The second kappa shape index (κ2) is 1.76. The highest BCUT2D eigenvalue weighted by molar-refractivity contribution is 5.42. The van der Waals surface area contributed by atoms with Crippen molar-refractivity contribution < 1.29 is 5.01 Å². The molecule has 1 atom stereocenters. The van der Waals surface area contributed by atoms with E-state index in [1.807, 2.05) is 0 Å². The van der Waals surface area contributed by atoms with Crippen LogP contribution in [-0.4, -0.2) is 13.0 Å². The number of nitrogens with one attached hydrogen (secondary N) is 1. The Kier molecular flexibility index (Phi) is 1.10. The molecule has 38 valence electrons. The third-order valence-electron chi connectivity index (χ3n) is 0.641. The molecular weight excluding hydrogens is 94.1 g/mol. The summed E-state index contributed by atoms with van der Waals surface area (Å²) in [6.07, 6.45) is 1.54. The molecule has 0 amide bonds. The maximum absolute atomic E-state index is 5.15. The van der Waals surface area contributed by atoms with E-state index >= 15 is 0 Å². The molecule has 1 heterocycles. The fourth-order valence-corrected chi connectivity index (χ4v) is 0.295. The summed E-state index contributed by atoms with van der Waals surface area (Å²) in [6.45, 7) is 0.424. The van der Waals surface area contributed by atoms with Crippen molar-refractivity contribution in [1.29, 1.82) is 0 Å². The summed E-state index contributed by atoms with van der Waals surface area (Å²) >= 11 is 0. The predicted octanol–water partition coefficient (Wildman–Crippen LogP) is -1.89. The van der Waals surface area contributed by atoms with Crippen molar-refractivity contribution in [2.24, 2.45) is 21.3 Å². The van der Waals surface area contributed by atoms with Crippen LogP contribution >= 0.6 is 0 Å². The lowest BCUT2D eigenvalue weighted by atomic mass is 11.0. The predicted molar refractivity (Wildman–Crippen MR) is 23.4 cm³/mol. The minimum atomic E-state index is 0.424. The van der Waals surface area contributed by atoms with Crippen LogP contribution in [0.2, 0.25) is 0 Å². The fraction of sp³-hybridized carbons (Fsp3) is 0.500. The molecule has 5 nitrogen and oxygen atoms in total. The third-order valence-corrected chi connectivity index (χ3v) is 0.641. The van der Waals surface area contributed by atoms with Crippen molar-refractivity contribution in [2.75, 3.05) is 6.67 Å². The number of hydrogen-bond acceptors (Lipinski definition) is 4. The maximum Gasteiger partial charge on any atom is 0.239 e. The lowest BCUT2D eigenvalue weighted by Crippen LogP contribution is -3.06. The van der Waals surface area contributed by atoms with Gasteiger partial charge in [-0.1, -0.05) is 5.10 Å². The van der Waals surface area contributed by atoms with Crippen LogP contribution in [0, 0.1) is 0 Å². The number of nitrogens with two attached hydrogens (primary N) is 1. The second-order valence-corrected chi connectivity index (χ2v) is 1.13. The van der Waals surface area contributed by atoms with Gasteiger partial charge in [0.2, 0.25) is 6.34 Å². The van der Waals surface area contributed by atoms with Gasteiger partial charge in [0.15, 0.2) is 6.67 Å². The van der Waals surface area contributed by atoms with Gasteiger partial charge in [-0.2, -0.15) is 0 Å². The molecule has 0 fully saturated rings. The Morgan fingerprint density at radius 3 is 2.86 bits per heavy atom. The highest BCUT2D eigenvalue weighted by atomic mass is 15.7. The van der Waals surface area contributed by atoms with Gasteiger partial charge >= 0.3 is 0 Å². The molecule has 0 bridgehead atoms. The minimum Gasteiger partial charge on any atom is -0.282 e. The van der Waals surface area contributed by atoms with E-state index in [4.69, 9.17) is 5.73 Å². The van der Waals surface area contributed by atoms with E-state index in [0.29, 0.717) is 6.67 Å². The maximum atomic E-state index is 5.15. The van der Waals surface area contributed by atoms with Gasteiger partial charge in [0.05, 0.1) is 5.22 Å². The first kappa shape index (κ1) is 4.35. The van der Waals surface area contributed by atoms with Crippen LogP contribution in [0.1, 0.15) is 0 Å². The summed E-state index contributed by atoms with van der Waals surface area (Å²) in [4.78, 5) is 0. The Bertz CT molecular complexity index is 92.6. The van der Waals surface area contributed by atoms with E-state index < -0.39 is 0 Å². The molecule has 0 spiro atoms. The molecule has 5 heteroatoms. The molecule has 1 aliphatic heterocycles. The van der Waals surface area contributed by atoms with Crippen LogP contribution in [-0.2, 0) is 0 Å². The average Bonchev–Trinajstić information content (AvgIpc) is 2.14. The molecule has 0 saturated carbocycles. The Hall–Kier alpha value is -0.810. The lowest BCUT2D eigenvalue weighted by Gasteiger charge is -1.90. The molecule has 0 aromatic heterocycles. The van der Waals surface area contributed by atoms with Crippen LogP contribution in [0.5, 0.6) is 0 Å². The number of quaternary nitrogens is 1. The molecule has 0 saturated heterocycles. The number of rotatable bonds is 1. The van der Waals surface area contributed by atoms with Crippen LogP contribution in [0.25, 0.3) is 0 Å². The average molecular weight is 100 g/mol. The van der Waals surface area contributed by atoms with Gasteiger partial charge in [-0.15, -0.1) is 5.01 Å². The Morgan fingerprint density at radius 2 is 2.57 bits per heavy atom. The first-order valence-electron chi connectivity index (χ1n) is 1.93. The summed E-state index contributed by atoms with van der Waals surface area (Å²) in [5.41, 5.74) is 5.15. The Labute approximate surface area is 40.5 Å². The van der Waals surface area contributed by atoms with Crippen molar-refractivity contribution in [1.82, 2.24) is 0 Å². The van der Waals surface area contributed by atoms with Crippen molar-refractivity contribution >= 4 is 6.34 Å². The molecule has 1 rings (SSSR count). The SMILES string of the molecule is NC[NH+]1C=NN=N1. The smallest absolute Gasteiger partial charge is 0.239 e. The fourth-order valence-electron chi connectivity index (χ4n) is 0.295. The van der Waals surface area contributed by atoms with Crippen molar-refractivity contribution in [3.63, 3.8) is 0 Å². The van der Waals surface area contributed by atoms with E-state index in [1.54, 1.807) is 6.34 Å². The quantitative estimate of drug-likeness (QED) is 0.397. The number of hydrogen-bond donors (Lipinski definition) is 2. The summed E-state index contributed by atoms with van der Waals surface area (Å²) in [5.74, 6) is 0. The van der Waals surface area contributed by atoms with E-state index in [1.165, 1.54) is 0 Å². The van der Waals surface area contributed by atoms with Crippen molar-refractivity contribution in [2.45, 2.75) is 0 Å². The third kappa shape index (κ3) is 0.787. The van der Waals surface area contributed by atoms with E-state index in [-0.39, 0.29) is 0 Å². The van der Waals surface area contributed by atoms with E-state index in [0.717, 1.165) is 5.01 Å². The molecule has 7 heavy (non-hydrogen) atoms. The van der Waals surface area contributed by atoms with E-state index in [2.05, 4.69) is 15.5 Å². The van der Waals surface area contributed by atoms with E-state index in [9.17, 15) is 0 Å².